The lowest BCUT2D eigenvalue weighted by Gasteiger charge is -2.01. The summed E-state index contributed by atoms with van der Waals surface area (Å²) in [5.41, 5.74) is 3.29. The van der Waals surface area contributed by atoms with Gasteiger partial charge < -0.3 is 4.84 Å². The number of halogens is 1. The third kappa shape index (κ3) is 3.17. The second-order valence-corrected chi connectivity index (χ2v) is 5.58. The minimum absolute atomic E-state index is 0.0221. The predicted octanol–water partition coefficient (Wildman–Crippen LogP) is 4.66. The highest BCUT2D eigenvalue weighted by Gasteiger charge is 2.19. The van der Waals surface area contributed by atoms with Crippen molar-refractivity contribution < 1.29 is 4.84 Å². The summed E-state index contributed by atoms with van der Waals surface area (Å²) in [5, 5.41) is 4.18. The average molecular weight is 328 g/mol. The van der Waals surface area contributed by atoms with Crippen molar-refractivity contribution >= 4 is 27.7 Å². The van der Waals surface area contributed by atoms with Crippen molar-refractivity contribution in [3.63, 3.8) is 0 Å². The van der Waals surface area contributed by atoms with E-state index in [0.29, 0.717) is 0 Å². The van der Waals surface area contributed by atoms with Crippen LogP contribution in [0.25, 0.3) is 6.08 Å². The van der Waals surface area contributed by atoms with E-state index < -0.39 is 0 Å². The molecule has 1 aliphatic heterocycles. The molecular formula is C17H14BrNO. The lowest BCUT2D eigenvalue weighted by atomic mass is 10.0. The van der Waals surface area contributed by atoms with Crippen LogP contribution in [-0.2, 0) is 4.84 Å². The maximum absolute atomic E-state index is 5.46. The van der Waals surface area contributed by atoms with Crippen molar-refractivity contribution in [1.29, 1.82) is 0 Å². The van der Waals surface area contributed by atoms with Crippen molar-refractivity contribution in [3.8, 4) is 0 Å². The van der Waals surface area contributed by atoms with Crippen molar-refractivity contribution in [2.75, 3.05) is 0 Å². The zero-order valence-electron chi connectivity index (χ0n) is 10.9. The van der Waals surface area contributed by atoms with E-state index in [1.54, 1.807) is 0 Å². The molecule has 1 atom stereocenters. The largest absolute Gasteiger partial charge is 0.388 e. The summed E-state index contributed by atoms with van der Waals surface area (Å²) in [6, 6.07) is 18.3. The van der Waals surface area contributed by atoms with Gasteiger partial charge in [-0.05, 0) is 29.3 Å². The molecule has 2 nitrogen and oxygen atoms in total. The highest BCUT2D eigenvalue weighted by atomic mass is 79.9. The van der Waals surface area contributed by atoms with Gasteiger partial charge in [0.05, 0.1) is 5.71 Å². The van der Waals surface area contributed by atoms with Gasteiger partial charge >= 0.3 is 0 Å². The number of benzene rings is 2. The zero-order chi connectivity index (χ0) is 13.8. The average Bonchev–Trinajstić information content (AvgIpc) is 2.96. The van der Waals surface area contributed by atoms with Crippen LogP contribution in [-0.4, -0.2) is 11.8 Å². The monoisotopic (exact) mass is 327 g/mol. The highest BCUT2D eigenvalue weighted by Crippen LogP contribution is 2.20. The Morgan fingerprint density at radius 1 is 1.05 bits per heavy atom. The van der Waals surface area contributed by atoms with Gasteiger partial charge in [0.2, 0.25) is 0 Å². The molecule has 0 N–H and O–H groups in total. The fourth-order valence-electron chi connectivity index (χ4n) is 2.10. The SMILES string of the molecule is Brc1ccc(C2=NOC(/C=C/c3ccccc3)C2)cc1. The Kier molecular flexibility index (Phi) is 3.97. The van der Waals surface area contributed by atoms with E-state index in [2.05, 4.69) is 57.5 Å². The van der Waals surface area contributed by atoms with Gasteiger partial charge in [0.15, 0.2) is 6.10 Å². The van der Waals surface area contributed by atoms with Crippen LogP contribution < -0.4 is 0 Å². The van der Waals surface area contributed by atoms with Gasteiger partial charge in [0.1, 0.15) is 0 Å². The molecule has 1 heterocycles. The van der Waals surface area contributed by atoms with Crippen LogP contribution in [0.2, 0.25) is 0 Å². The zero-order valence-corrected chi connectivity index (χ0v) is 12.5. The molecule has 0 fully saturated rings. The fourth-order valence-corrected chi connectivity index (χ4v) is 2.36. The summed E-state index contributed by atoms with van der Waals surface area (Å²) in [4.78, 5) is 5.46. The van der Waals surface area contributed by atoms with Crippen molar-refractivity contribution in [1.82, 2.24) is 0 Å². The Morgan fingerprint density at radius 3 is 2.55 bits per heavy atom. The van der Waals surface area contributed by atoms with Crippen molar-refractivity contribution in [2.24, 2.45) is 5.16 Å². The Balaban J connectivity index is 1.64. The van der Waals surface area contributed by atoms with E-state index in [9.17, 15) is 0 Å². The summed E-state index contributed by atoms with van der Waals surface area (Å²) < 4.78 is 1.07. The van der Waals surface area contributed by atoms with Gasteiger partial charge in [-0.1, -0.05) is 69.6 Å². The fraction of sp³-hybridized carbons (Fsp3) is 0.118. The molecule has 3 rings (SSSR count). The lowest BCUT2D eigenvalue weighted by molar-refractivity contribution is 0.120. The van der Waals surface area contributed by atoms with E-state index in [4.69, 9.17) is 4.84 Å². The molecule has 0 saturated heterocycles. The van der Waals surface area contributed by atoms with Crippen LogP contribution in [0, 0.1) is 0 Å². The van der Waals surface area contributed by atoms with E-state index in [1.807, 2.05) is 30.3 Å². The minimum atomic E-state index is 0.0221. The number of rotatable bonds is 3. The van der Waals surface area contributed by atoms with Crippen molar-refractivity contribution in [2.45, 2.75) is 12.5 Å². The molecule has 3 heteroatoms. The molecule has 2 aromatic rings. The number of hydrogen-bond acceptors (Lipinski definition) is 2. The Labute approximate surface area is 126 Å². The predicted molar refractivity (Wildman–Crippen MR) is 85.6 cm³/mol. The summed E-state index contributed by atoms with van der Waals surface area (Å²) >= 11 is 3.43. The van der Waals surface area contributed by atoms with Gasteiger partial charge in [-0.3, -0.25) is 0 Å². The molecule has 0 radical (unpaired) electrons. The smallest absolute Gasteiger partial charge is 0.151 e. The first kappa shape index (κ1) is 13.1. The van der Waals surface area contributed by atoms with Gasteiger partial charge in [-0.25, -0.2) is 0 Å². The molecule has 100 valence electrons. The van der Waals surface area contributed by atoms with E-state index in [0.717, 1.165) is 22.2 Å². The van der Waals surface area contributed by atoms with Crippen LogP contribution in [0.4, 0.5) is 0 Å². The Hall–Kier alpha value is -1.87. The molecule has 0 saturated carbocycles. The lowest BCUT2D eigenvalue weighted by Crippen LogP contribution is -2.04. The Morgan fingerprint density at radius 2 is 1.80 bits per heavy atom. The maximum atomic E-state index is 5.46. The van der Waals surface area contributed by atoms with Gasteiger partial charge in [-0.15, -0.1) is 0 Å². The highest BCUT2D eigenvalue weighted by molar-refractivity contribution is 9.10. The van der Waals surface area contributed by atoms with Crippen LogP contribution in [0.5, 0.6) is 0 Å². The van der Waals surface area contributed by atoms with Crippen LogP contribution in [0.1, 0.15) is 17.5 Å². The standard InChI is InChI=1S/C17H14BrNO/c18-15-9-7-14(8-10-15)17-12-16(20-19-17)11-6-13-4-2-1-3-5-13/h1-11,16H,12H2/b11-6+. The molecule has 1 unspecified atom stereocenters. The summed E-state index contributed by atoms with van der Waals surface area (Å²) in [6.07, 6.45) is 4.97. The molecular weight excluding hydrogens is 314 g/mol. The second kappa shape index (κ2) is 6.06. The normalized spacial score (nSPS) is 18.1. The molecule has 0 spiro atoms. The second-order valence-electron chi connectivity index (χ2n) is 4.66. The molecule has 20 heavy (non-hydrogen) atoms. The van der Waals surface area contributed by atoms with Crippen LogP contribution in [0.15, 0.2) is 70.3 Å². The van der Waals surface area contributed by atoms with E-state index in [-0.39, 0.29) is 6.10 Å². The van der Waals surface area contributed by atoms with E-state index >= 15 is 0 Å². The quantitative estimate of drug-likeness (QED) is 0.803. The Bertz CT molecular complexity index is 632. The third-order valence-electron chi connectivity index (χ3n) is 3.17. The van der Waals surface area contributed by atoms with Gasteiger partial charge in [0, 0.05) is 10.9 Å². The molecule has 0 aliphatic carbocycles. The summed E-state index contributed by atoms with van der Waals surface area (Å²) in [6.45, 7) is 0. The van der Waals surface area contributed by atoms with Crippen LogP contribution in [0.3, 0.4) is 0 Å². The number of hydrogen-bond donors (Lipinski definition) is 0. The van der Waals surface area contributed by atoms with E-state index in [1.165, 1.54) is 5.56 Å². The molecule has 1 aliphatic rings. The third-order valence-corrected chi connectivity index (χ3v) is 3.70. The molecule has 0 bridgehead atoms. The molecule has 0 amide bonds. The van der Waals surface area contributed by atoms with Crippen molar-refractivity contribution in [3.05, 3.63) is 76.3 Å². The first-order valence-corrected chi connectivity index (χ1v) is 7.32. The topological polar surface area (TPSA) is 21.6 Å². The molecule has 2 aromatic carbocycles. The first-order valence-electron chi connectivity index (χ1n) is 6.53. The maximum Gasteiger partial charge on any atom is 0.151 e. The summed E-state index contributed by atoms with van der Waals surface area (Å²) in [7, 11) is 0. The minimum Gasteiger partial charge on any atom is -0.388 e. The van der Waals surface area contributed by atoms with Crippen LogP contribution >= 0.6 is 15.9 Å². The summed E-state index contributed by atoms with van der Waals surface area (Å²) in [5.74, 6) is 0. The van der Waals surface area contributed by atoms with Gasteiger partial charge in [0.25, 0.3) is 0 Å². The van der Waals surface area contributed by atoms with Gasteiger partial charge in [-0.2, -0.15) is 0 Å². The number of oxime groups is 1. The molecule has 0 aromatic heterocycles. The number of nitrogens with zero attached hydrogens (tertiary/aromatic N) is 1. The first-order chi connectivity index (χ1) is 9.81.